The number of carbonyl (C=O) groups is 1. The van der Waals surface area contributed by atoms with E-state index in [0.29, 0.717) is 38.0 Å². The number of carbonyl (C=O) groups excluding carboxylic acids is 1. The van der Waals surface area contributed by atoms with E-state index in [4.69, 9.17) is 16.1 Å². The third kappa shape index (κ3) is 2.27. The molecule has 1 fully saturated rings. The highest BCUT2D eigenvalue weighted by Gasteiger charge is 2.23. The van der Waals surface area contributed by atoms with Crippen LogP contribution in [0, 0.1) is 6.92 Å². The summed E-state index contributed by atoms with van der Waals surface area (Å²) in [6.45, 7) is 4.47. The fourth-order valence-corrected chi connectivity index (χ4v) is 1.82. The smallest absolute Gasteiger partial charge is 0.324 e. The van der Waals surface area contributed by atoms with E-state index in [1.54, 1.807) is 11.8 Å². The molecule has 1 saturated heterocycles. The van der Waals surface area contributed by atoms with Gasteiger partial charge in [0.25, 0.3) is 0 Å². The van der Waals surface area contributed by atoms with Gasteiger partial charge in [0.2, 0.25) is 5.91 Å². The van der Waals surface area contributed by atoms with Gasteiger partial charge in [0, 0.05) is 26.2 Å². The minimum atomic E-state index is -0.0250. The SMILES string of the molecule is Cc1noc(N2CCN(C(=O)CCl)CC2)n1. The number of nitrogens with zero attached hydrogens (tertiary/aromatic N) is 4. The van der Waals surface area contributed by atoms with E-state index in [0.717, 1.165) is 0 Å². The topological polar surface area (TPSA) is 62.5 Å². The first kappa shape index (κ1) is 11.2. The van der Waals surface area contributed by atoms with Crippen LogP contribution >= 0.6 is 11.6 Å². The number of hydrogen-bond acceptors (Lipinski definition) is 5. The van der Waals surface area contributed by atoms with E-state index in [1.807, 2.05) is 4.90 Å². The van der Waals surface area contributed by atoms with Gasteiger partial charge in [-0.1, -0.05) is 5.16 Å². The van der Waals surface area contributed by atoms with Crippen molar-refractivity contribution in [1.82, 2.24) is 15.0 Å². The van der Waals surface area contributed by atoms with Gasteiger partial charge in [-0.05, 0) is 6.92 Å². The summed E-state index contributed by atoms with van der Waals surface area (Å²) in [7, 11) is 0. The Bertz CT molecular complexity index is 373. The van der Waals surface area contributed by atoms with E-state index in [9.17, 15) is 4.79 Å². The molecule has 0 atom stereocenters. The van der Waals surface area contributed by atoms with Gasteiger partial charge in [0.15, 0.2) is 5.82 Å². The predicted molar refractivity (Wildman–Crippen MR) is 58.5 cm³/mol. The second kappa shape index (κ2) is 4.69. The van der Waals surface area contributed by atoms with Crippen molar-refractivity contribution in [2.75, 3.05) is 37.0 Å². The minimum Gasteiger partial charge on any atom is -0.338 e. The molecule has 0 radical (unpaired) electrons. The quantitative estimate of drug-likeness (QED) is 0.699. The van der Waals surface area contributed by atoms with Crippen LogP contribution < -0.4 is 4.90 Å². The Hall–Kier alpha value is -1.30. The molecule has 7 heteroatoms. The summed E-state index contributed by atoms with van der Waals surface area (Å²) in [4.78, 5) is 19.2. The molecule has 2 heterocycles. The molecule has 16 heavy (non-hydrogen) atoms. The molecule has 1 aromatic heterocycles. The zero-order chi connectivity index (χ0) is 11.5. The Balaban J connectivity index is 1.92. The van der Waals surface area contributed by atoms with Gasteiger partial charge >= 0.3 is 6.01 Å². The lowest BCUT2D eigenvalue weighted by molar-refractivity contribution is -0.128. The van der Waals surface area contributed by atoms with E-state index >= 15 is 0 Å². The molecule has 2 rings (SSSR count). The van der Waals surface area contributed by atoms with Crippen LogP contribution in [0.25, 0.3) is 0 Å². The van der Waals surface area contributed by atoms with Crippen LogP contribution in [0.3, 0.4) is 0 Å². The summed E-state index contributed by atoms with van der Waals surface area (Å²) in [5, 5.41) is 3.73. The molecule has 0 aromatic carbocycles. The molecule has 0 spiro atoms. The first-order chi connectivity index (χ1) is 7.70. The van der Waals surface area contributed by atoms with Crippen LogP contribution in [-0.2, 0) is 4.79 Å². The fraction of sp³-hybridized carbons (Fsp3) is 0.667. The molecule has 0 unspecified atom stereocenters. The molecule has 1 aliphatic rings. The average Bonchev–Trinajstić information content (AvgIpc) is 2.75. The van der Waals surface area contributed by atoms with E-state index < -0.39 is 0 Å². The standard InChI is InChI=1S/C9H13ClN4O2/c1-7-11-9(16-12-7)14-4-2-13(3-5-14)8(15)6-10/h2-6H2,1H3. The summed E-state index contributed by atoms with van der Waals surface area (Å²) in [6, 6.07) is 0.524. The van der Waals surface area contributed by atoms with Crippen LogP contribution in [0.1, 0.15) is 5.82 Å². The van der Waals surface area contributed by atoms with Crippen molar-refractivity contribution in [3.8, 4) is 0 Å². The Labute approximate surface area is 98.1 Å². The summed E-state index contributed by atoms with van der Waals surface area (Å²) in [5.41, 5.74) is 0. The molecule has 1 amide bonds. The van der Waals surface area contributed by atoms with Gasteiger partial charge in [-0.2, -0.15) is 4.98 Å². The normalized spacial score (nSPS) is 16.6. The van der Waals surface area contributed by atoms with Crippen molar-refractivity contribution in [2.45, 2.75) is 6.92 Å². The van der Waals surface area contributed by atoms with Gasteiger partial charge in [-0.3, -0.25) is 4.79 Å². The molecule has 0 N–H and O–H groups in total. The molecule has 88 valence electrons. The second-order valence-corrected chi connectivity index (χ2v) is 3.89. The number of amides is 1. The molecule has 1 aromatic rings. The van der Waals surface area contributed by atoms with Crippen LogP contribution in [-0.4, -0.2) is 53.0 Å². The Morgan fingerprint density at radius 2 is 2.12 bits per heavy atom. The van der Waals surface area contributed by atoms with Gasteiger partial charge in [-0.15, -0.1) is 11.6 Å². The third-order valence-corrected chi connectivity index (χ3v) is 2.76. The van der Waals surface area contributed by atoms with Gasteiger partial charge in [0.05, 0.1) is 0 Å². The van der Waals surface area contributed by atoms with E-state index in [1.165, 1.54) is 0 Å². The molecular weight excluding hydrogens is 232 g/mol. The van der Waals surface area contributed by atoms with Crippen LogP contribution in [0.2, 0.25) is 0 Å². The molecular formula is C9H13ClN4O2. The molecule has 0 bridgehead atoms. The summed E-state index contributed by atoms with van der Waals surface area (Å²) in [5.74, 6) is 0.636. The molecule has 6 nitrogen and oxygen atoms in total. The number of halogens is 1. The molecule has 0 saturated carbocycles. The number of aryl methyl sites for hydroxylation is 1. The van der Waals surface area contributed by atoms with Crippen molar-refractivity contribution in [1.29, 1.82) is 0 Å². The van der Waals surface area contributed by atoms with Gasteiger partial charge in [0.1, 0.15) is 5.88 Å². The van der Waals surface area contributed by atoms with Crippen molar-refractivity contribution in [3.05, 3.63) is 5.82 Å². The maximum Gasteiger partial charge on any atom is 0.324 e. The fourth-order valence-electron chi connectivity index (χ4n) is 1.65. The summed E-state index contributed by atoms with van der Waals surface area (Å²) >= 11 is 5.50. The third-order valence-electron chi connectivity index (χ3n) is 2.53. The molecule has 1 aliphatic heterocycles. The van der Waals surface area contributed by atoms with Crippen molar-refractivity contribution >= 4 is 23.5 Å². The average molecular weight is 245 g/mol. The minimum absolute atomic E-state index is 0.0250. The number of hydrogen-bond donors (Lipinski definition) is 0. The zero-order valence-corrected chi connectivity index (χ0v) is 9.77. The number of alkyl halides is 1. The Morgan fingerprint density at radius 1 is 1.44 bits per heavy atom. The monoisotopic (exact) mass is 244 g/mol. The van der Waals surface area contributed by atoms with Gasteiger partial charge in [-0.25, -0.2) is 0 Å². The van der Waals surface area contributed by atoms with Crippen LogP contribution in [0.5, 0.6) is 0 Å². The lowest BCUT2D eigenvalue weighted by atomic mass is 10.3. The molecule has 0 aliphatic carbocycles. The van der Waals surface area contributed by atoms with Crippen molar-refractivity contribution in [3.63, 3.8) is 0 Å². The van der Waals surface area contributed by atoms with Crippen molar-refractivity contribution < 1.29 is 9.32 Å². The van der Waals surface area contributed by atoms with Gasteiger partial charge < -0.3 is 14.3 Å². The number of piperazine rings is 1. The first-order valence-electron chi connectivity index (χ1n) is 5.09. The maximum absolute atomic E-state index is 11.3. The van der Waals surface area contributed by atoms with E-state index in [2.05, 4.69) is 10.1 Å². The largest absolute Gasteiger partial charge is 0.338 e. The highest BCUT2D eigenvalue weighted by molar-refractivity contribution is 6.27. The highest BCUT2D eigenvalue weighted by atomic mass is 35.5. The number of rotatable bonds is 2. The zero-order valence-electron chi connectivity index (χ0n) is 9.02. The highest BCUT2D eigenvalue weighted by Crippen LogP contribution is 2.13. The second-order valence-electron chi connectivity index (χ2n) is 3.63. The summed E-state index contributed by atoms with van der Waals surface area (Å²) < 4.78 is 5.06. The lowest BCUT2D eigenvalue weighted by Crippen LogP contribution is -2.49. The first-order valence-corrected chi connectivity index (χ1v) is 5.63. The van der Waals surface area contributed by atoms with Crippen molar-refractivity contribution in [2.24, 2.45) is 0 Å². The van der Waals surface area contributed by atoms with E-state index in [-0.39, 0.29) is 11.8 Å². The maximum atomic E-state index is 11.3. The summed E-state index contributed by atoms with van der Waals surface area (Å²) in [6.07, 6.45) is 0. The van der Waals surface area contributed by atoms with Crippen LogP contribution in [0.15, 0.2) is 4.52 Å². The Morgan fingerprint density at radius 3 is 2.62 bits per heavy atom. The predicted octanol–water partition coefficient (Wildman–Crippen LogP) is 0.265. The lowest BCUT2D eigenvalue weighted by Gasteiger charge is -2.33. The number of anilines is 1. The van der Waals surface area contributed by atoms with Crippen LogP contribution in [0.4, 0.5) is 6.01 Å². The number of aromatic nitrogens is 2. The Kier molecular flexibility index (Phi) is 3.28.